The number of esters is 1. The molecule has 0 saturated carbocycles. The first-order valence-electron chi connectivity index (χ1n) is 11.4. The minimum absolute atomic E-state index is 0.0353. The summed E-state index contributed by atoms with van der Waals surface area (Å²) in [6.45, 7) is 0.219. The molecule has 3 N–H and O–H groups in total. The molecular weight excluding hydrogens is 474 g/mol. The number of ether oxygens (including phenoxy) is 2. The van der Waals surface area contributed by atoms with Gasteiger partial charge >= 0.3 is 5.97 Å². The summed E-state index contributed by atoms with van der Waals surface area (Å²) in [5.74, 6) is -1.90. The Morgan fingerprint density at radius 2 is 1.89 bits per heavy atom. The van der Waals surface area contributed by atoms with Crippen molar-refractivity contribution in [3.8, 4) is 0 Å². The highest BCUT2D eigenvalue weighted by atomic mass is 32.1. The quantitative estimate of drug-likeness (QED) is 0.416. The number of nitrogens with zero attached hydrogens (tertiary/aromatic N) is 1. The van der Waals surface area contributed by atoms with E-state index in [0.717, 1.165) is 10.1 Å². The molecule has 0 bridgehead atoms. The number of nitrogens with one attached hydrogen (secondary N) is 2. The van der Waals surface area contributed by atoms with Crippen LogP contribution in [0.25, 0.3) is 10.1 Å². The number of hydrogen-bond acceptors (Lipinski definition) is 8. The Balaban J connectivity index is 1.34. The fourth-order valence-corrected chi connectivity index (χ4v) is 5.57. The maximum atomic E-state index is 13.7. The number of amides is 3. The standard InChI is InChI=1S/C24H25N3O7S/c28-20-10-16(24(32)34-20)26-21(29)17-12-33-11-14-6-2-3-7-15(23(31)27(14)17)25-22(30)19-9-13-5-1-4-8-18(13)35-19/h1-5,8-9,14-17,24,32H,6-7,10-12H2,(H,25,30)(H,26,29). The lowest BCUT2D eigenvalue weighted by molar-refractivity contribution is -0.159. The molecule has 0 spiro atoms. The minimum atomic E-state index is -1.44. The van der Waals surface area contributed by atoms with Crippen molar-refractivity contribution in [1.82, 2.24) is 15.5 Å². The van der Waals surface area contributed by atoms with Crippen LogP contribution >= 0.6 is 11.3 Å². The average molecular weight is 500 g/mol. The largest absolute Gasteiger partial charge is 0.434 e. The molecule has 0 aliphatic carbocycles. The van der Waals surface area contributed by atoms with Gasteiger partial charge in [0.25, 0.3) is 5.91 Å². The van der Waals surface area contributed by atoms with E-state index in [-0.39, 0.29) is 37.9 Å². The molecule has 5 rings (SSSR count). The smallest absolute Gasteiger partial charge is 0.310 e. The molecule has 184 valence electrons. The second-order valence-electron chi connectivity index (χ2n) is 8.77. The van der Waals surface area contributed by atoms with Gasteiger partial charge in [-0.1, -0.05) is 30.4 Å². The molecule has 10 nitrogen and oxygen atoms in total. The lowest BCUT2D eigenvalue weighted by Gasteiger charge is -2.43. The number of hydrogen-bond donors (Lipinski definition) is 3. The third-order valence-electron chi connectivity index (χ3n) is 6.38. The zero-order valence-electron chi connectivity index (χ0n) is 18.7. The van der Waals surface area contributed by atoms with Crippen molar-refractivity contribution in [1.29, 1.82) is 0 Å². The number of thiophene rings is 1. The van der Waals surface area contributed by atoms with Crippen LogP contribution in [-0.4, -0.2) is 77.4 Å². The summed E-state index contributed by atoms with van der Waals surface area (Å²) in [7, 11) is 0. The van der Waals surface area contributed by atoms with Gasteiger partial charge in [-0.2, -0.15) is 0 Å². The van der Waals surface area contributed by atoms with Gasteiger partial charge in [0, 0.05) is 4.70 Å². The van der Waals surface area contributed by atoms with Crippen LogP contribution < -0.4 is 10.6 Å². The molecular formula is C24H25N3O7S. The molecule has 1 aromatic carbocycles. The van der Waals surface area contributed by atoms with Gasteiger partial charge in [-0.3, -0.25) is 19.2 Å². The van der Waals surface area contributed by atoms with Crippen LogP contribution in [0.1, 0.15) is 28.9 Å². The Labute approximate surface area is 204 Å². The molecule has 3 aliphatic rings. The SMILES string of the molecule is O=C1CC(NC(=O)C2COCC3CC=CCC(NC(=O)c4cc5ccccc5s4)C(=O)N32)C(O)O1. The van der Waals surface area contributed by atoms with Crippen molar-refractivity contribution in [3.05, 3.63) is 47.4 Å². The van der Waals surface area contributed by atoms with Gasteiger partial charge in [0.1, 0.15) is 18.1 Å². The molecule has 5 unspecified atom stereocenters. The zero-order valence-corrected chi connectivity index (χ0v) is 19.5. The van der Waals surface area contributed by atoms with Crippen LogP contribution in [0.15, 0.2) is 42.5 Å². The maximum absolute atomic E-state index is 13.7. The van der Waals surface area contributed by atoms with Gasteiger partial charge in [-0.15, -0.1) is 11.3 Å². The van der Waals surface area contributed by atoms with E-state index in [2.05, 4.69) is 15.4 Å². The van der Waals surface area contributed by atoms with Crippen LogP contribution in [0.2, 0.25) is 0 Å². The van der Waals surface area contributed by atoms with E-state index in [1.165, 1.54) is 16.2 Å². The Kier molecular flexibility index (Phi) is 6.54. The molecule has 5 atom stereocenters. The molecule has 1 aromatic heterocycles. The third kappa shape index (κ3) is 4.79. The Hall–Kier alpha value is -3.28. The number of benzene rings is 1. The summed E-state index contributed by atoms with van der Waals surface area (Å²) < 4.78 is 11.3. The van der Waals surface area contributed by atoms with Gasteiger partial charge < -0.3 is 30.1 Å². The summed E-state index contributed by atoms with van der Waals surface area (Å²) in [5, 5.41) is 16.2. The number of morpholine rings is 1. The lowest BCUT2D eigenvalue weighted by atomic mass is 9.99. The number of aliphatic hydroxyl groups is 1. The average Bonchev–Trinajstić information content (AvgIpc) is 3.41. The van der Waals surface area contributed by atoms with Crippen LogP contribution in [0.3, 0.4) is 0 Å². The first-order valence-corrected chi connectivity index (χ1v) is 12.2. The molecule has 0 radical (unpaired) electrons. The first kappa shape index (κ1) is 23.5. The molecule has 2 fully saturated rings. The molecule has 2 saturated heterocycles. The predicted octanol–water partition coefficient (Wildman–Crippen LogP) is 0.696. The first-order chi connectivity index (χ1) is 16.9. The van der Waals surface area contributed by atoms with E-state index in [0.29, 0.717) is 11.3 Å². The Morgan fingerprint density at radius 1 is 1.09 bits per heavy atom. The van der Waals surface area contributed by atoms with Gasteiger partial charge in [-0.25, -0.2) is 0 Å². The predicted molar refractivity (Wildman–Crippen MR) is 125 cm³/mol. The van der Waals surface area contributed by atoms with Gasteiger partial charge in [0.15, 0.2) is 0 Å². The van der Waals surface area contributed by atoms with Crippen molar-refractivity contribution in [2.24, 2.45) is 0 Å². The highest BCUT2D eigenvalue weighted by Gasteiger charge is 2.44. The molecule has 3 aliphatic heterocycles. The van der Waals surface area contributed by atoms with Crippen molar-refractivity contribution < 1.29 is 33.8 Å². The third-order valence-corrected chi connectivity index (χ3v) is 7.50. The summed E-state index contributed by atoms with van der Waals surface area (Å²) >= 11 is 1.35. The van der Waals surface area contributed by atoms with E-state index >= 15 is 0 Å². The van der Waals surface area contributed by atoms with Crippen LogP contribution in [-0.2, 0) is 23.9 Å². The van der Waals surface area contributed by atoms with Gasteiger partial charge in [0.2, 0.25) is 18.1 Å². The maximum Gasteiger partial charge on any atom is 0.310 e. The number of cyclic esters (lactones) is 1. The van der Waals surface area contributed by atoms with Crippen LogP contribution in [0, 0.1) is 0 Å². The normalized spacial score (nSPS) is 28.7. The highest BCUT2D eigenvalue weighted by molar-refractivity contribution is 7.20. The highest BCUT2D eigenvalue weighted by Crippen LogP contribution is 2.26. The number of rotatable bonds is 4. The van der Waals surface area contributed by atoms with E-state index < -0.39 is 42.3 Å². The molecule has 3 amide bonds. The summed E-state index contributed by atoms with van der Waals surface area (Å²) in [6, 6.07) is 6.33. The molecule has 2 aromatic rings. The number of carbonyl (C=O) groups excluding carboxylic acids is 4. The van der Waals surface area contributed by atoms with Crippen LogP contribution in [0.4, 0.5) is 0 Å². The molecule has 4 heterocycles. The van der Waals surface area contributed by atoms with E-state index in [4.69, 9.17) is 4.74 Å². The van der Waals surface area contributed by atoms with E-state index in [1.54, 1.807) is 6.07 Å². The van der Waals surface area contributed by atoms with Crippen molar-refractivity contribution in [2.75, 3.05) is 13.2 Å². The summed E-state index contributed by atoms with van der Waals surface area (Å²) in [4.78, 5) is 53.2. The topological polar surface area (TPSA) is 134 Å². The van der Waals surface area contributed by atoms with Crippen molar-refractivity contribution in [2.45, 2.75) is 49.7 Å². The van der Waals surface area contributed by atoms with E-state index in [1.807, 2.05) is 36.4 Å². The van der Waals surface area contributed by atoms with Crippen molar-refractivity contribution >= 4 is 45.1 Å². The monoisotopic (exact) mass is 499 g/mol. The van der Waals surface area contributed by atoms with Crippen LogP contribution in [0.5, 0.6) is 0 Å². The summed E-state index contributed by atoms with van der Waals surface area (Å²) in [5.41, 5.74) is 0. The van der Waals surface area contributed by atoms with E-state index in [9.17, 15) is 24.3 Å². The van der Waals surface area contributed by atoms with Crippen molar-refractivity contribution in [3.63, 3.8) is 0 Å². The second-order valence-corrected chi connectivity index (χ2v) is 9.85. The number of carbonyl (C=O) groups is 4. The number of aliphatic hydroxyl groups excluding tert-OH is 1. The lowest BCUT2D eigenvalue weighted by Crippen LogP contribution is -2.65. The zero-order chi connectivity index (χ0) is 24.5. The summed E-state index contributed by atoms with van der Waals surface area (Å²) in [6.07, 6.45) is 2.96. The Bertz CT molecular complexity index is 1160. The fraction of sp³-hybridized carbons (Fsp3) is 0.417. The van der Waals surface area contributed by atoms with Gasteiger partial charge in [-0.05, 0) is 30.4 Å². The molecule has 11 heteroatoms. The van der Waals surface area contributed by atoms with Gasteiger partial charge in [0.05, 0.1) is 30.6 Å². The second kappa shape index (κ2) is 9.76. The Morgan fingerprint density at radius 3 is 2.66 bits per heavy atom. The minimum Gasteiger partial charge on any atom is -0.434 e. The number of fused-ring (bicyclic) bond motifs is 2. The molecule has 35 heavy (non-hydrogen) atoms. The fourth-order valence-electron chi connectivity index (χ4n) is 4.60.